The summed E-state index contributed by atoms with van der Waals surface area (Å²) in [6.07, 6.45) is 0.0608. The number of hydrogen-bond acceptors (Lipinski definition) is 3. The number of nitrogens with zero attached hydrogens (tertiary/aromatic N) is 1. The largest absolute Gasteiger partial charge is 0.424 e. The van der Waals surface area contributed by atoms with Crippen LogP contribution in [0.4, 0.5) is 0 Å². The fourth-order valence-corrected chi connectivity index (χ4v) is 3.26. The quantitative estimate of drug-likeness (QED) is 0.483. The van der Waals surface area contributed by atoms with Gasteiger partial charge < -0.3 is 14.4 Å². The van der Waals surface area contributed by atoms with Crippen LogP contribution in [0.5, 0.6) is 5.75 Å². The molecule has 0 bridgehead atoms. The third-order valence-electron chi connectivity index (χ3n) is 3.97. The Hall–Kier alpha value is -2.56. The van der Waals surface area contributed by atoms with Gasteiger partial charge in [0.2, 0.25) is 0 Å². The molecule has 0 aliphatic carbocycles. The number of H-pyrrole nitrogens is 2. The van der Waals surface area contributed by atoms with Crippen LogP contribution in [0.3, 0.4) is 0 Å². The third-order valence-corrected chi connectivity index (χ3v) is 5.26. The predicted octanol–water partition coefficient (Wildman–Crippen LogP) is 4.30. The van der Waals surface area contributed by atoms with Crippen LogP contribution < -0.4 is 4.52 Å². The maximum atomic E-state index is 11.8. The van der Waals surface area contributed by atoms with Crippen molar-refractivity contribution in [2.24, 2.45) is 0 Å². The Morgan fingerprint density at radius 1 is 1.17 bits per heavy atom. The summed E-state index contributed by atoms with van der Waals surface area (Å²) in [7, 11) is -3.60. The molecule has 0 aliphatic rings. The summed E-state index contributed by atoms with van der Waals surface area (Å²) < 4.78 is 17.0. The molecule has 2 heterocycles. The van der Waals surface area contributed by atoms with Gasteiger partial charge in [-0.25, -0.2) is 4.57 Å². The molecule has 2 aromatic carbocycles. The zero-order chi connectivity index (χ0) is 16.7. The predicted molar refractivity (Wildman–Crippen MR) is 94.4 cm³/mol. The molecule has 0 spiro atoms. The van der Waals surface area contributed by atoms with Crippen LogP contribution >= 0.6 is 7.60 Å². The van der Waals surface area contributed by atoms with Crippen molar-refractivity contribution in [1.82, 2.24) is 15.2 Å². The van der Waals surface area contributed by atoms with Gasteiger partial charge in [-0.05, 0) is 30.3 Å². The van der Waals surface area contributed by atoms with Crippen LogP contribution in [0.25, 0.3) is 33.2 Å². The summed E-state index contributed by atoms with van der Waals surface area (Å²) in [4.78, 5) is 13.0. The van der Waals surface area contributed by atoms with E-state index in [9.17, 15) is 9.46 Å². The average Bonchev–Trinajstić information content (AvgIpc) is 3.17. The van der Waals surface area contributed by atoms with Gasteiger partial charge in [-0.2, -0.15) is 5.10 Å². The first-order chi connectivity index (χ1) is 11.6. The Labute approximate surface area is 138 Å². The smallest absolute Gasteiger partial charge is 0.376 e. The zero-order valence-corrected chi connectivity index (χ0v) is 13.9. The lowest BCUT2D eigenvalue weighted by Gasteiger charge is -2.11. The van der Waals surface area contributed by atoms with Crippen molar-refractivity contribution < 1.29 is 14.0 Å². The summed E-state index contributed by atoms with van der Waals surface area (Å²) in [6, 6.07) is 15.2. The Kier molecular flexibility index (Phi) is 3.44. The van der Waals surface area contributed by atoms with Crippen molar-refractivity contribution in [3.05, 3.63) is 48.5 Å². The molecule has 4 rings (SSSR count). The maximum absolute atomic E-state index is 11.8. The van der Waals surface area contributed by atoms with E-state index in [1.807, 2.05) is 30.3 Å². The second-order valence-corrected chi connectivity index (χ2v) is 7.68. The highest BCUT2D eigenvalue weighted by molar-refractivity contribution is 7.53. The number of aromatic amines is 2. The molecule has 0 saturated heterocycles. The minimum atomic E-state index is -3.60. The lowest BCUT2D eigenvalue weighted by molar-refractivity contribution is 0.381. The Balaban J connectivity index is 1.82. The van der Waals surface area contributed by atoms with Gasteiger partial charge in [-0.1, -0.05) is 25.1 Å². The lowest BCUT2D eigenvalue weighted by Crippen LogP contribution is -1.94. The molecule has 3 N–H and O–H groups in total. The zero-order valence-electron chi connectivity index (χ0n) is 13.0. The Morgan fingerprint density at radius 3 is 2.79 bits per heavy atom. The third kappa shape index (κ3) is 2.60. The Morgan fingerprint density at radius 2 is 2.00 bits per heavy atom. The second-order valence-electron chi connectivity index (χ2n) is 5.59. The molecule has 0 radical (unpaired) electrons. The SMILES string of the molecule is CCP(=O)(O)Oc1ccc2[nH]nc(-c3cc4ccccc4[nH]3)c2c1. The highest BCUT2D eigenvalue weighted by Gasteiger charge is 2.19. The highest BCUT2D eigenvalue weighted by Crippen LogP contribution is 2.43. The molecular formula is C17H16N3O3P. The number of rotatable bonds is 4. The van der Waals surface area contributed by atoms with Crippen LogP contribution in [-0.2, 0) is 4.57 Å². The number of hydrogen-bond donors (Lipinski definition) is 3. The minimum absolute atomic E-state index is 0.0608. The first kappa shape index (κ1) is 15.0. The van der Waals surface area contributed by atoms with Gasteiger partial charge >= 0.3 is 7.60 Å². The van der Waals surface area contributed by atoms with E-state index in [4.69, 9.17) is 4.52 Å². The molecule has 0 saturated carbocycles. The normalized spacial score (nSPS) is 14.1. The molecule has 0 amide bonds. The molecule has 0 fully saturated rings. The van der Waals surface area contributed by atoms with E-state index in [1.54, 1.807) is 25.1 Å². The number of para-hydroxylation sites is 1. The van der Waals surface area contributed by atoms with Crippen molar-refractivity contribution in [3.8, 4) is 17.1 Å². The van der Waals surface area contributed by atoms with E-state index >= 15 is 0 Å². The van der Waals surface area contributed by atoms with Crippen molar-refractivity contribution in [2.75, 3.05) is 6.16 Å². The van der Waals surface area contributed by atoms with E-state index in [-0.39, 0.29) is 6.16 Å². The molecule has 2 aromatic heterocycles. The topological polar surface area (TPSA) is 91.0 Å². The molecule has 1 atom stereocenters. The van der Waals surface area contributed by atoms with Crippen molar-refractivity contribution in [1.29, 1.82) is 0 Å². The van der Waals surface area contributed by atoms with E-state index in [0.717, 1.165) is 33.2 Å². The van der Waals surface area contributed by atoms with Gasteiger partial charge in [0, 0.05) is 16.3 Å². The number of nitrogens with one attached hydrogen (secondary N) is 2. The van der Waals surface area contributed by atoms with Gasteiger partial charge in [0.05, 0.1) is 17.4 Å². The van der Waals surface area contributed by atoms with Crippen LogP contribution in [0.1, 0.15) is 6.92 Å². The van der Waals surface area contributed by atoms with Crippen LogP contribution in [0.15, 0.2) is 48.5 Å². The molecule has 0 aliphatic heterocycles. The minimum Gasteiger partial charge on any atom is -0.424 e. The standard InChI is InChI=1S/C17H16N3O3P/c1-2-24(21,22)23-12-7-8-15-13(10-12)17(20-19-15)16-9-11-5-3-4-6-14(11)18-16/h3-10,18H,2H2,1H3,(H,19,20)(H,21,22). The number of benzene rings is 2. The second kappa shape index (κ2) is 5.51. The molecule has 1 unspecified atom stereocenters. The average molecular weight is 341 g/mol. The van der Waals surface area contributed by atoms with Gasteiger partial charge in [-0.3, -0.25) is 5.10 Å². The van der Waals surface area contributed by atoms with Gasteiger partial charge in [0.15, 0.2) is 0 Å². The van der Waals surface area contributed by atoms with E-state index in [1.165, 1.54) is 0 Å². The first-order valence-electron chi connectivity index (χ1n) is 7.63. The number of aromatic nitrogens is 3. The van der Waals surface area contributed by atoms with Gasteiger partial charge in [0.1, 0.15) is 11.4 Å². The lowest BCUT2D eigenvalue weighted by atomic mass is 10.1. The molecule has 7 heteroatoms. The molecular weight excluding hydrogens is 325 g/mol. The Bertz CT molecular complexity index is 1050. The fraction of sp³-hybridized carbons (Fsp3) is 0.118. The van der Waals surface area contributed by atoms with E-state index in [2.05, 4.69) is 15.2 Å². The van der Waals surface area contributed by atoms with Crippen LogP contribution in [-0.4, -0.2) is 26.2 Å². The summed E-state index contributed by atoms with van der Waals surface area (Å²) in [5.74, 6) is 0.356. The molecule has 6 nitrogen and oxygen atoms in total. The van der Waals surface area contributed by atoms with Crippen LogP contribution in [0.2, 0.25) is 0 Å². The van der Waals surface area contributed by atoms with E-state index in [0.29, 0.717) is 5.75 Å². The summed E-state index contributed by atoms with van der Waals surface area (Å²) in [5, 5.41) is 9.28. The van der Waals surface area contributed by atoms with Crippen molar-refractivity contribution in [3.63, 3.8) is 0 Å². The fourth-order valence-electron chi connectivity index (χ4n) is 2.69. The summed E-state index contributed by atoms with van der Waals surface area (Å²) in [6.45, 7) is 1.62. The first-order valence-corrected chi connectivity index (χ1v) is 9.40. The van der Waals surface area contributed by atoms with Gasteiger partial charge in [-0.15, -0.1) is 0 Å². The van der Waals surface area contributed by atoms with Gasteiger partial charge in [0.25, 0.3) is 0 Å². The van der Waals surface area contributed by atoms with Crippen molar-refractivity contribution in [2.45, 2.75) is 6.92 Å². The van der Waals surface area contributed by atoms with Crippen molar-refractivity contribution >= 4 is 29.4 Å². The number of fused-ring (bicyclic) bond motifs is 2. The van der Waals surface area contributed by atoms with E-state index < -0.39 is 7.60 Å². The molecule has 24 heavy (non-hydrogen) atoms. The maximum Gasteiger partial charge on any atom is 0.376 e. The molecule has 122 valence electrons. The molecule has 4 aromatic rings. The summed E-state index contributed by atoms with van der Waals surface area (Å²) >= 11 is 0. The summed E-state index contributed by atoms with van der Waals surface area (Å²) in [5.41, 5.74) is 3.49. The highest BCUT2D eigenvalue weighted by atomic mass is 31.2. The monoisotopic (exact) mass is 341 g/mol. The van der Waals surface area contributed by atoms with Crippen LogP contribution in [0, 0.1) is 0 Å².